The second-order valence-electron chi connectivity index (χ2n) is 4.05. The molecular weight excluding hydrogens is 312 g/mol. The molecule has 108 valence electrons. The maximum atomic E-state index is 12.5. The summed E-state index contributed by atoms with van der Waals surface area (Å²) in [6.07, 6.45) is 0. The average Bonchev–Trinajstić information content (AvgIpc) is 2.97. The zero-order valence-corrected chi connectivity index (χ0v) is 12.5. The van der Waals surface area contributed by atoms with Gasteiger partial charge >= 0.3 is 5.97 Å². The Labute approximate surface area is 125 Å². The van der Waals surface area contributed by atoms with Crippen molar-refractivity contribution in [2.75, 3.05) is 11.4 Å². The van der Waals surface area contributed by atoms with Gasteiger partial charge in [0.15, 0.2) is 0 Å². The zero-order chi connectivity index (χ0) is 15.6. The summed E-state index contributed by atoms with van der Waals surface area (Å²) < 4.78 is 25.9. The van der Waals surface area contributed by atoms with Gasteiger partial charge in [-0.15, -0.1) is 11.3 Å². The molecule has 0 unspecified atom stereocenters. The molecule has 0 bridgehead atoms. The fraction of sp³-hybridized carbons (Fsp3) is 0.0769. The first-order valence-corrected chi connectivity index (χ1v) is 8.00. The van der Waals surface area contributed by atoms with Gasteiger partial charge in [0, 0.05) is 7.05 Å². The summed E-state index contributed by atoms with van der Waals surface area (Å²) in [4.78, 5) is 10.6. The van der Waals surface area contributed by atoms with Crippen LogP contribution in [0.15, 0.2) is 40.6 Å². The lowest BCUT2D eigenvalue weighted by atomic mass is 10.2. The normalized spacial score (nSPS) is 10.9. The molecule has 1 aromatic carbocycles. The van der Waals surface area contributed by atoms with Gasteiger partial charge in [-0.05, 0) is 35.7 Å². The van der Waals surface area contributed by atoms with E-state index in [0.717, 1.165) is 15.6 Å². The van der Waals surface area contributed by atoms with E-state index in [1.165, 1.54) is 42.8 Å². The van der Waals surface area contributed by atoms with Gasteiger partial charge < -0.3 is 5.11 Å². The Balaban J connectivity index is 2.45. The van der Waals surface area contributed by atoms with Crippen molar-refractivity contribution in [1.82, 2.24) is 0 Å². The third-order valence-corrected chi connectivity index (χ3v) is 5.68. The fourth-order valence-electron chi connectivity index (χ4n) is 1.69. The highest BCUT2D eigenvalue weighted by atomic mass is 32.2. The standard InChI is InChI=1S/C13H10N2O4S2/c1-15(10-4-2-9(8-14)3-5-10)21(18,19)11-6-7-20-12(11)13(16)17/h2-7H,1H3,(H,16,17). The van der Waals surface area contributed by atoms with Gasteiger partial charge in [-0.1, -0.05) is 0 Å². The third kappa shape index (κ3) is 2.74. The molecule has 8 heteroatoms. The molecule has 0 saturated heterocycles. The molecule has 2 aromatic rings. The molecule has 6 nitrogen and oxygen atoms in total. The molecule has 21 heavy (non-hydrogen) atoms. The Kier molecular flexibility index (Phi) is 3.97. The van der Waals surface area contributed by atoms with Crippen LogP contribution in [-0.4, -0.2) is 26.5 Å². The second-order valence-corrected chi connectivity index (χ2v) is 6.90. The van der Waals surface area contributed by atoms with E-state index in [4.69, 9.17) is 10.4 Å². The molecule has 1 aromatic heterocycles. The first kappa shape index (κ1) is 15.0. The van der Waals surface area contributed by atoms with Crippen molar-refractivity contribution in [1.29, 1.82) is 5.26 Å². The van der Waals surface area contributed by atoms with Gasteiger partial charge in [0.1, 0.15) is 9.77 Å². The van der Waals surface area contributed by atoms with Crippen LogP contribution in [-0.2, 0) is 10.0 Å². The number of carbonyl (C=O) groups is 1. The van der Waals surface area contributed by atoms with E-state index in [2.05, 4.69) is 0 Å². The highest BCUT2D eigenvalue weighted by Gasteiger charge is 2.28. The van der Waals surface area contributed by atoms with Crippen molar-refractivity contribution in [2.45, 2.75) is 4.90 Å². The number of thiophene rings is 1. The van der Waals surface area contributed by atoms with Gasteiger partial charge in [-0.25, -0.2) is 13.2 Å². The highest BCUT2D eigenvalue weighted by molar-refractivity contribution is 7.93. The molecule has 0 spiro atoms. The first-order valence-electron chi connectivity index (χ1n) is 5.68. The molecule has 0 aliphatic carbocycles. The second kappa shape index (κ2) is 5.55. The molecule has 0 atom stereocenters. The minimum Gasteiger partial charge on any atom is -0.477 e. The summed E-state index contributed by atoms with van der Waals surface area (Å²) in [5.41, 5.74) is 0.753. The molecular formula is C13H10N2O4S2. The lowest BCUT2D eigenvalue weighted by Crippen LogP contribution is -2.27. The van der Waals surface area contributed by atoms with Crippen molar-refractivity contribution in [2.24, 2.45) is 0 Å². The fourth-order valence-corrected chi connectivity index (χ4v) is 4.12. The first-order chi connectivity index (χ1) is 9.87. The maximum Gasteiger partial charge on any atom is 0.347 e. The Morgan fingerprint density at radius 3 is 2.43 bits per heavy atom. The number of anilines is 1. The van der Waals surface area contributed by atoms with E-state index in [-0.39, 0.29) is 9.77 Å². The third-order valence-electron chi connectivity index (χ3n) is 2.82. The topological polar surface area (TPSA) is 98.5 Å². The molecule has 0 fully saturated rings. The van der Waals surface area contributed by atoms with Crippen LogP contribution in [0.1, 0.15) is 15.2 Å². The van der Waals surface area contributed by atoms with Crippen LogP contribution >= 0.6 is 11.3 Å². The van der Waals surface area contributed by atoms with E-state index in [1.54, 1.807) is 0 Å². The van der Waals surface area contributed by atoms with Crippen molar-refractivity contribution in [3.63, 3.8) is 0 Å². The smallest absolute Gasteiger partial charge is 0.347 e. The number of hydrogen-bond acceptors (Lipinski definition) is 5. The number of rotatable bonds is 4. The van der Waals surface area contributed by atoms with Crippen LogP contribution in [0.5, 0.6) is 0 Å². The highest BCUT2D eigenvalue weighted by Crippen LogP contribution is 2.27. The maximum absolute atomic E-state index is 12.5. The molecule has 0 aliphatic rings. The molecule has 0 aliphatic heterocycles. The van der Waals surface area contributed by atoms with Crippen molar-refractivity contribution >= 4 is 33.0 Å². The summed E-state index contributed by atoms with van der Waals surface area (Å²) in [5, 5.41) is 19.2. The minimum atomic E-state index is -3.96. The zero-order valence-electron chi connectivity index (χ0n) is 10.8. The molecule has 0 amide bonds. The summed E-state index contributed by atoms with van der Waals surface area (Å²) >= 11 is 0.855. The molecule has 1 N–H and O–H groups in total. The molecule has 2 rings (SSSR count). The minimum absolute atomic E-state index is 0.226. The molecule has 1 heterocycles. The Morgan fingerprint density at radius 2 is 1.90 bits per heavy atom. The predicted molar refractivity (Wildman–Crippen MR) is 78.0 cm³/mol. The quantitative estimate of drug-likeness (QED) is 0.930. The number of benzene rings is 1. The summed E-state index contributed by atoms with van der Waals surface area (Å²) in [7, 11) is -2.63. The van der Waals surface area contributed by atoms with Gasteiger partial charge in [-0.2, -0.15) is 5.26 Å². The number of nitriles is 1. The van der Waals surface area contributed by atoms with Crippen LogP contribution in [0.2, 0.25) is 0 Å². The number of nitrogens with zero attached hydrogens (tertiary/aromatic N) is 2. The van der Waals surface area contributed by atoms with Crippen LogP contribution in [0.4, 0.5) is 5.69 Å². The van der Waals surface area contributed by atoms with E-state index in [0.29, 0.717) is 11.3 Å². The molecule has 0 radical (unpaired) electrons. The lowest BCUT2D eigenvalue weighted by Gasteiger charge is -2.19. The van der Waals surface area contributed by atoms with E-state index in [9.17, 15) is 13.2 Å². The van der Waals surface area contributed by atoms with Crippen molar-refractivity contribution in [3.8, 4) is 6.07 Å². The number of carboxylic acid groups (broad SMARTS) is 1. The van der Waals surface area contributed by atoms with Crippen LogP contribution in [0, 0.1) is 11.3 Å². The van der Waals surface area contributed by atoms with E-state index < -0.39 is 16.0 Å². The van der Waals surface area contributed by atoms with Crippen molar-refractivity contribution in [3.05, 3.63) is 46.2 Å². The number of sulfonamides is 1. The van der Waals surface area contributed by atoms with E-state index in [1.807, 2.05) is 6.07 Å². The number of carboxylic acids is 1. The number of hydrogen-bond donors (Lipinski definition) is 1. The van der Waals surface area contributed by atoms with Gasteiger partial charge in [-0.3, -0.25) is 4.31 Å². The predicted octanol–water partition coefficient (Wildman–Crippen LogP) is 2.14. The lowest BCUT2D eigenvalue weighted by molar-refractivity contribution is 0.0698. The largest absolute Gasteiger partial charge is 0.477 e. The SMILES string of the molecule is CN(c1ccc(C#N)cc1)S(=O)(=O)c1ccsc1C(=O)O. The van der Waals surface area contributed by atoms with E-state index >= 15 is 0 Å². The summed E-state index contributed by atoms with van der Waals surface area (Å²) in [6.45, 7) is 0. The van der Waals surface area contributed by atoms with Crippen LogP contribution in [0.3, 0.4) is 0 Å². The Bertz CT molecular complexity index is 817. The van der Waals surface area contributed by atoms with Crippen LogP contribution < -0.4 is 4.31 Å². The average molecular weight is 322 g/mol. The summed E-state index contributed by atoms with van der Waals surface area (Å²) in [5.74, 6) is -1.28. The van der Waals surface area contributed by atoms with Gasteiger partial charge in [0.25, 0.3) is 10.0 Å². The molecule has 0 saturated carbocycles. The van der Waals surface area contributed by atoms with Gasteiger partial charge in [0.2, 0.25) is 0 Å². The Morgan fingerprint density at radius 1 is 1.29 bits per heavy atom. The monoisotopic (exact) mass is 322 g/mol. The van der Waals surface area contributed by atoms with Crippen molar-refractivity contribution < 1.29 is 18.3 Å². The Hall–Kier alpha value is -2.37. The van der Waals surface area contributed by atoms with Crippen LogP contribution in [0.25, 0.3) is 0 Å². The van der Waals surface area contributed by atoms with Gasteiger partial charge in [0.05, 0.1) is 17.3 Å². The number of aromatic carboxylic acids is 1. The summed E-state index contributed by atoms with van der Waals surface area (Å²) in [6, 6.07) is 9.17.